The van der Waals surface area contributed by atoms with Crippen LogP contribution in [0.1, 0.15) is 11.3 Å². The molecule has 1 atom stereocenters. The summed E-state index contributed by atoms with van der Waals surface area (Å²) < 4.78 is 17.7. The lowest BCUT2D eigenvalue weighted by molar-refractivity contribution is 0.669. The molecule has 69 heavy (non-hydrogen) atoms. The summed E-state index contributed by atoms with van der Waals surface area (Å²) in [6.07, 6.45) is 15.9. The first-order chi connectivity index (χ1) is 34.2. The van der Waals surface area contributed by atoms with E-state index in [1.165, 1.54) is 60.7 Å². The number of furan rings is 2. The topological polar surface area (TPSA) is 36.1 Å². The zero-order chi connectivity index (χ0) is 45.2. The summed E-state index contributed by atoms with van der Waals surface area (Å²) in [5, 5.41) is 8.23. The third kappa shape index (κ3) is 5.76. The number of allylic oxidation sites excluding steroid dienone is 7. The van der Waals surface area contributed by atoms with E-state index in [-0.39, 0.29) is 5.92 Å². The molecule has 4 heteroatoms. The molecular weight excluding hydrogens is 841 g/mol. The number of benzene rings is 9. The molecule has 13 aromatic rings. The Labute approximate surface area is 396 Å². The lowest BCUT2D eigenvalue weighted by atomic mass is 9.97. The molecular formula is C65H40N2O2. The quantitative estimate of drug-likeness (QED) is 0.173. The Morgan fingerprint density at radius 2 is 0.884 bits per heavy atom. The first-order valence-corrected chi connectivity index (χ1v) is 23.7. The van der Waals surface area contributed by atoms with Gasteiger partial charge >= 0.3 is 0 Å². The Balaban J connectivity index is 0.840. The molecule has 4 heterocycles. The van der Waals surface area contributed by atoms with Gasteiger partial charge in [0.2, 0.25) is 0 Å². The van der Waals surface area contributed by atoms with Gasteiger partial charge in [0, 0.05) is 71.7 Å². The van der Waals surface area contributed by atoms with Gasteiger partial charge in [-0.15, -0.1) is 0 Å². The molecule has 322 valence electrons. The van der Waals surface area contributed by atoms with Crippen molar-refractivity contribution in [2.45, 2.75) is 0 Å². The van der Waals surface area contributed by atoms with Gasteiger partial charge in [-0.25, -0.2) is 0 Å². The monoisotopic (exact) mass is 880 g/mol. The van der Waals surface area contributed by atoms with Crippen molar-refractivity contribution in [2.24, 2.45) is 5.92 Å². The highest BCUT2D eigenvalue weighted by Crippen LogP contribution is 2.44. The van der Waals surface area contributed by atoms with Crippen LogP contribution in [-0.4, -0.2) is 9.13 Å². The molecule has 2 aliphatic rings. The molecule has 0 N–H and O–H groups in total. The van der Waals surface area contributed by atoms with Gasteiger partial charge in [0.05, 0.1) is 22.2 Å². The molecule has 4 nitrogen and oxygen atoms in total. The zero-order valence-electron chi connectivity index (χ0n) is 37.3. The average molecular weight is 881 g/mol. The molecule has 9 aromatic carbocycles. The van der Waals surface area contributed by atoms with Crippen LogP contribution in [0.15, 0.2) is 239 Å². The van der Waals surface area contributed by atoms with E-state index in [4.69, 9.17) is 8.83 Å². The summed E-state index contributed by atoms with van der Waals surface area (Å²) in [7, 11) is 0. The van der Waals surface area contributed by atoms with E-state index in [2.05, 4.69) is 222 Å². The fraction of sp³-hybridized carbons (Fsp3) is 0.0154. The van der Waals surface area contributed by atoms with Crippen molar-refractivity contribution in [3.8, 4) is 44.8 Å². The van der Waals surface area contributed by atoms with E-state index in [1.54, 1.807) is 0 Å². The van der Waals surface area contributed by atoms with Crippen LogP contribution >= 0.6 is 0 Å². The van der Waals surface area contributed by atoms with Crippen molar-refractivity contribution in [1.82, 2.24) is 9.13 Å². The average Bonchev–Trinajstić information content (AvgIpc) is 4.08. The predicted molar refractivity (Wildman–Crippen MR) is 287 cm³/mol. The summed E-state index contributed by atoms with van der Waals surface area (Å²) in [4.78, 5) is 0. The van der Waals surface area contributed by atoms with Crippen molar-refractivity contribution >= 4 is 88.2 Å². The van der Waals surface area contributed by atoms with Gasteiger partial charge in [0.1, 0.15) is 22.3 Å². The van der Waals surface area contributed by atoms with Gasteiger partial charge in [0.15, 0.2) is 0 Å². The molecule has 0 spiro atoms. The SMILES string of the molecule is C1=CC2=CC(C=C1)C=Cc1c2c2cc(-c3ccc4c(c3)c3ccccc3n4-c3ccc(-c4cccc5c4oc4ccccc45)cc3)ccc2n1-c1ccc(-c2cccc3c2oc2ccccc23)cc1. The molecule has 0 fully saturated rings. The summed E-state index contributed by atoms with van der Waals surface area (Å²) in [6, 6.07) is 70.1. The second-order valence-electron chi connectivity index (χ2n) is 18.4. The van der Waals surface area contributed by atoms with Crippen molar-refractivity contribution in [3.63, 3.8) is 0 Å². The smallest absolute Gasteiger partial charge is 0.143 e. The summed E-state index contributed by atoms with van der Waals surface area (Å²) >= 11 is 0. The van der Waals surface area contributed by atoms with Crippen molar-refractivity contribution < 1.29 is 8.83 Å². The van der Waals surface area contributed by atoms with E-state index in [9.17, 15) is 0 Å². The van der Waals surface area contributed by atoms with Gasteiger partial charge in [-0.3, -0.25) is 0 Å². The highest BCUT2D eigenvalue weighted by atomic mass is 16.3. The Bertz CT molecular complexity index is 4410. The van der Waals surface area contributed by atoms with E-state index in [0.717, 1.165) is 77.5 Å². The van der Waals surface area contributed by atoms with Crippen LogP contribution in [0.25, 0.3) is 133 Å². The van der Waals surface area contributed by atoms with Crippen molar-refractivity contribution in [2.75, 3.05) is 0 Å². The number of aromatic nitrogens is 2. The van der Waals surface area contributed by atoms with Gasteiger partial charge < -0.3 is 18.0 Å². The number of nitrogens with zero attached hydrogens (tertiary/aromatic N) is 2. The minimum atomic E-state index is 0.211. The molecule has 0 aliphatic heterocycles. The Morgan fingerprint density at radius 3 is 1.54 bits per heavy atom. The predicted octanol–water partition coefficient (Wildman–Crippen LogP) is 17.7. The van der Waals surface area contributed by atoms with E-state index < -0.39 is 0 Å². The molecule has 0 saturated heterocycles. The Hall–Kier alpha value is -9.12. The van der Waals surface area contributed by atoms with E-state index >= 15 is 0 Å². The third-order valence-corrected chi connectivity index (χ3v) is 14.5. The molecule has 1 unspecified atom stereocenters. The molecule has 2 aliphatic carbocycles. The van der Waals surface area contributed by atoms with Crippen LogP contribution in [-0.2, 0) is 0 Å². The molecule has 4 aromatic heterocycles. The lowest BCUT2D eigenvalue weighted by Gasteiger charge is -2.12. The van der Waals surface area contributed by atoms with Gasteiger partial charge in [-0.2, -0.15) is 0 Å². The fourth-order valence-electron chi connectivity index (χ4n) is 11.3. The minimum Gasteiger partial charge on any atom is -0.455 e. The third-order valence-electron chi connectivity index (χ3n) is 14.5. The Kier molecular flexibility index (Phi) is 8.10. The minimum absolute atomic E-state index is 0.211. The van der Waals surface area contributed by atoms with Gasteiger partial charge in [-0.05, 0) is 101 Å². The molecule has 0 amide bonds. The maximum absolute atomic E-state index is 6.45. The first-order valence-electron chi connectivity index (χ1n) is 23.7. The number of hydrogen-bond acceptors (Lipinski definition) is 2. The number of para-hydroxylation sites is 5. The number of rotatable bonds is 5. The maximum Gasteiger partial charge on any atom is 0.143 e. The highest BCUT2D eigenvalue weighted by Gasteiger charge is 2.24. The number of hydrogen-bond donors (Lipinski definition) is 0. The van der Waals surface area contributed by atoms with Crippen molar-refractivity contribution in [1.29, 1.82) is 0 Å². The molecule has 2 bridgehead atoms. The summed E-state index contributed by atoms with van der Waals surface area (Å²) in [5.74, 6) is 0.211. The van der Waals surface area contributed by atoms with E-state index in [0.29, 0.717) is 0 Å². The van der Waals surface area contributed by atoms with Crippen LogP contribution in [0.2, 0.25) is 0 Å². The first kappa shape index (κ1) is 38.0. The van der Waals surface area contributed by atoms with Crippen LogP contribution < -0.4 is 0 Å². The van der Waals surface area contributed by atoms with Crippen LogP contribution in [0, 0.1) is 5.92 Å². The van der Waals surface area contributed by atoms with Crippen molar-refractivity contribution in [3.05, 3.63) is 242 Å². The number of fused-ring (bicyclic) bond motifs is 14. The largest absolute Gasteiger partial charge is 0.455 e. The lowest BCUT2D eigenvalue weighted by Crippen LogP contribution is -1.97. The second kappa shape index (κ2) is 14.7. The van der Waals surface area contributed by atoms with Crippen LogP contribution in [0.3, 0.4) is 0 Å². The molecule has 0 radical (unpaired) electrons. The normalized spacial score (nSPS) is 14.4. The second-order valence-corrected chi connectivity index (χ2v) is 18.4. The fourth-order valence-corrected chi connectivity index (χ4v) is 11.3. The summed E-state index contributed by atoms with van der Waals surface area (Å²) in [6.45, 7) is 0. The van der Waals surface area contributed by atoms with Crippen LogP contribution in [0.5, 0.6) is 0 Å². The van der Waals surface area contributed by atoms with Crippen LogP contribution in [0.4, 0.5) is 0 Å². The molecule has 0 saturated carbocycles. The highest BCUT2D eigenvalue weighted by molar-refractivity contribution is 6.13. The summed E-state index contributed by atoms with van der Waals surface area (Å²) in [5.41, 5.74) is 19.9. The van der Waals surface area contributed by atoms with E-state index in [1.807, 2.05) is 24.3 Å². The molecule has 15 rings (SSSR count). The van der Waals surface area contributed by atoms with Gasteiger partial charge in [-0.1, -0.05) is 164 Å². The zero-order valence-corrected chi connectivity index (χ0v) is 37.3. The standard InChI is InChI=1S/C65H40N2O2/c1-2-12-45-37-40(11-1)23-34-60-63(45)56-39-44(29-36-59(56)67(60)47-32-26-42(27-33-47)49-17-10-19-54-52-15-5-8-22-62(52)69-65(49)54)43-28-35-58-55(38-43)50-13-3-6-20-57(50)66(58)46-30-24-41(25-31-46)48-16-9-18-53-51-14-4-7-21-61(51)68-64(48)53/h1-40H. The maximum atomic E-state index is 6.45. The van der Waals surface area contributed by atoms with Gasteiger partial charge in [0.25, 0.3) is 0 Å². The Morgan fingerprint density at radius 1 is 0.362 bits per heavy atom.